The third-order valence-electron chi connectivity index (χ3n) is 5.90. The Kier molecular flexibility index (Phi) is 5.26. The van der Waals surface area contributed by atoms with Crippen molar-refractivity contribution in [3.63, 3.8) is 0 Å². The van der Waals surface area contributed by atoms with Crippen LogP contribution in [0.15, 0.2) is 24.3 Å². The molecule has 0 radical (unpaired) electrons. The van der Waals surface area contributed by atoms with E-state index in [0.717, 1.165) is 17.2 Å². The largest absolute Gasteiger partial charge is 0.496 e. The highest BCUT2D eigenvalue weighted by molar-refractivity contribution is 5.97. The maximum absolute atomic E-state index is 13.3. The SMILES string of the molecule is COc1cc(C)ccc1C(=O)N1CCc2c(nn(C)c2-c2cc(C(F)(F)F)nn2C)C1C. The summed E-state index contributed by atoms with van der Waals surface area (Å²) < 4.78 is 47.7. The number of hydrogen-bond donors (Lipinski definition) is 0. The van der Waals surface area contributed by atoms with Crippen molar-refractivity contribution in [2.24, 2.45) is 14.1 Å². The maximum atomic E-state index is 13.3. The lowest BCUT2D eigenvalue weighted by molar-refractivity contribution is -0.141. The second kappa shape index (κ2) is 7.68. The minimum atomic E-state index is -4.53. The first-order chi connectivity index (χ1) is 15.0. The molecule has 1 atom stereocenters. The minimum Gasteiger partial charge on any atom is -0.496 e. The molecule has 0 fully saturated rings. The van der Waals surface area contributed by atoms with Crippen LogP contribution < -0.4 is 4.74 Å². The van der Waals surface area contributed by atoms with Gasteiger partial charge in [-0.3, -0.25) is 14.2 Å². The van der Waals surface area contributed by atoms with Gasteiger partial charge in [-0.15, -0.1) is 0 Å². The first-order valence-electron chi connectivity index (χ1n) is 10.2. The zero-order chi connectivity index (χ0) is 23.4. The molecule has 4 rings (SSSR count). The standard InChI is InChI=1S/C22H24F3N5O2/c1-12-6-7-14(17(10-12)32-5)21(31)30-9-8-15-19(13(30)2)27-29(4)20(15)16-11-18(22(23,24)25)26-28(16)3/h6-7,10-11,13H,8-9H2,1-5H3. The third-order valence-corrected chi connectivity index (χ3v) is 5.90. The number of carbonyl (C=O) groups excluding carboxylic acids is 1. The molecule has 0 saturated heterocycles. The lowest BCUT2D eigenvalue weighted by atomic mass is 9.96. The zero-order valence-electron chi connectivity index (χ0n) is 18.5. The van der Waals surface area contributed by atoms with E-state index in [-0.39, 0.29) is 11.9 Å². The van der Waals surface area contributed by atoms with Gasteiger partial charge in [-0.1, -0.05) is 6.07 Å². The van der Waals surface area contributed by atoms with Crippen molar-refractivity contribution in [1.29, 1.82) is 0 Å². The summed E-state index contributed by atoms with van der Waals surface area (Å²) in [5.41, 5.74) is 2.91. The van der Waals surface area contributed by atoms with Crippen molar-refractivity contribution >= 4 is 5.91 Å². The number of ether oxygens (including phenoxy) is 1. The summed E-state index contributed by atoms with van der Waals surface area (Å²) in [6.45, 7) is 4.20. The first-order valence-corrected chi connectivity index (χ1v) is 10.2. The summed E-state index contributed by atoms with van der Waals surface area (Å²) >= 11 is 0. The second-order valence-corrected chi connectivity index (χ2v) is 8.00. The molecule has 170 valence electrons. The van der Waals surface area contributed by atoms with Gasteiger partial charge in [0.1, 0.15) is 5.75 Å². The molecule has 7 nitrogen and oxygen atoms in total. The quantitative estimate of drug-likeness (QED) is 0.611. The zero-order valence-corrected chi connectivity index (χ0v) is 18.5. The number of hydrogen-bond acceptors (Lipinski definition) is 4. The molecule has 32 heavy (non-hydrogen) atoms. The molecular formula is C22H24F3N5O2. The van der Waals surface area contributed by atoms with Crippen molar-refractivity contribution in [3.05, 3.63) is 52.3 Å². The highest BCUT2D eigenvalue weighted by atomic mass is 19.4. The van der Waals surface area contributed by atoms with Crippen LogP contribution >= 0.6 is 0 Å². The number of benzene rings is 1. The van der Waals surface area contributed by atoms with Crippen LogP contribution in [0.25, 0.3) is 11.4 Å². The van der Waals surface area contributed by atoms with Gasteiger partial charge in [-0.2, -0.15) is 23.4 Å². The number of rotatable bonds is 3. The molecule has 1 aliphatic rings. The van der Waals surface area contributed by atoms with Gasteiger partial charge in [0.15, 0.2) is 5.69 Å². The molecule has 10 heteroatoms. The Morgan fingerprint density at radius 1 is 1.16 bits per heavy atom. The fourth-order valence-corrected chi connectivity index (χ4v) is 4.30. The molecule has 1 amide bonds. The topological polar surface area (TPSA) is 65.2 Å². The second-order valence-electron chi connectivity index (χ2n) is 8.00. The van der Waals surface area contributed by atoms with Crippen LogP contribution in [-0.2, 0) is 26.7 Å². The number of amides is 1. The average molecular weight is 447 g/mol. The van der Waals surface area contributed by atoms with E-state index in [0.29, 0.717) is 41.4 Å². The Bertz CT molecular complexity index is 1200. The number of methoxy groups -OCH3 is 1. The van der Waals surface area contributed by atoms with Crippen LogP contribution in [-0.4, -0.2) is 44.0 Å². The molecule has 0 N–H and O–H groups in total. The molecule has 3 aromatic rings. The minimum absolute atomic E-state index is 0.174. The van der Waals surface area contributed by atoms with Crippen molar-refractivity contribution < 1.29 is 22.7 Å². The summed E-state index contributed by atoms with van der Waals surface area (Å²) in [5, 5.41) is 8.20. The Labute approximate surface area is 183 Å². The fraction of sp³-hybridized carbons (Fsp3) is 0.409. The fourth-order valence-electron chi connectivity index (χ4n) is 4.30. The van der Waals surface area contributed by atoms with E-state index in [4.69, 9.17) is 4.74 Å². The Morgan fingerprint density at radius 3 is 2.50 bits per heavy atom. The van der Waals surface area contributed by atoms with Crippen LogP contribution in [0, 0.1) is 6.92 Å². The summed E-state index contributed by atoms with van der Waals surface area (Å²) in [4.78, 5) is 15.0. The number of aryl methyl sites for hydroxylation is 3. The molecule has 2 aromatic heterocycles. The van der Waals surface area contributed by atoms with Gasteiger partial charge in [0.05, 0.1) is 35.8 Å². The molecule has 0 aliphatic carbocycles. The molecular weight excluding hydrogens is 423 g/mol. The Balaban J connectivity index is 1.71. The number of aromatic nitrogens is 4. The lowest BCUT2D eigenvalue weighted by Crippen LogP contribution is -2.39. The number of nitrogens with zero attached hydrogens (tertiary/aromatic N) is 5. The predicted octanol–water partition coefficient (Wildman–Crippen LogP) is 3.92. The summed E-state index contributed by atoms with van der Waals surface area (Å²) in [6.07, 6.45) is -4.06. The number of fused-ring (bicyclic) bond motifs is 1. The molecule has 1 aliphatic heterocycles. The van der Waals surface area contributed by atoms with Gasteiger partial charge in [-0.25, -0.2) is 0 Å². The Hall–Kier alpha value is -3.30. The van der Waals surface area contributed by atoms with Gasteiger partial charge in [-0.05, 0) is 44.0 Å². The number of carbonyl (C=O) groups is 1. The van der Waals surface area contributed by atoms with Crippen LogP contribution in [0.2, 0.25) is 0 Å². The predicted molar refractivity (Wildman–Crippen MR) is 111 cm³/mol. The summed E-state index contributed by atoms with van der Waals surface area (Å²) in [5.74, 6) is 0.330. The maximum Gasteiger partial charge on any atom is 0.435 e. The van der Waals surface area contributed by atoms with Gasteiger partial charge in [0, 0.05) is 26.2 Å². The Morgan fingerprint density at radius 2 is 1.88 bits per heavy atom. The van der Waals surface area contributed by atoms with E-state index in [9.17, 15) is 18.0 Å². The van der Waals surface area contributed by atoms with E-state index in [2.05, 4.69) is 10.2 Å². The monoisotopic (exact) mass is 447 g/mol. The molecule has 0 bridgehead atoms. The lowest BCUT2D eigenvalue weighted by Gasteiger charge is -2.33. The van der Waals surface area contributed by atoms with Crippen molar-refractivity contribution in [3.8, 4) is 17.1 Å². The summed E-state index contributed by atoms with van der Waals surface area (Å²) in [6, 6.07) is 6.10. The highest BCUT2D eigenvalue weighted by Gasteiger charge is 2.38. The number of halogens is 3. The van der Waals surface area contributed by atoms with E-state index in [1.54, 1.807) is 22.7 Å². The molecule has 3 heterocycles. The third kappa shape index (κ3) is 3.53. The van der Waals surface area contributed by atoms with E-state index in [1.165, 1.54) is 18.8 Å². The van der Waals surface area contributed by atoms with Crippen LogP contribution in [0.1, 0.15) is 45.8 Å². The van der Waals surface area contributed by atoms with Crippen LogP contribution in [0.5, 0.6) is 5.75 Å². The number of alkyl halides is 3. The summed E-state index contributed by atoms with van der Waals surface area (Å²) in [7, 11) is 4.70. The molecule has 1 unspecified atom stereocenters. The normalized spacial score (nSPS) is 16.2. The molecule has 0 spiro atoms. The van der Waals surface area contributed by atoms with Crippen LogP contribution in [0.4, 0.5) is 13.2 Å². The average Bonchev–Trinajstić information content (AvgIpc) is 3.27. The van der Waals surface area contributed by atoms with Crippen molar-refractivity contribution in [2.75, 3.05) is 13.7 Å². The van der Waals surface area contributed by atoms with Crippen molar-refractivity contribution in [2.45, 2.75) is 32.5 Å². The van der Waals surface area contributed by atoms with Crippen LogP contribution in [0.3, 0.4) is 0 Å². The first kappa shape index (κ1) is 21.9. The molecule has 1 aromatic carbocycles. The van der Waals surface area contributed by atoms with Gasteiger partial charge < -0.3 is 9.64 Å². The van der Waals surface area contributed by atoms with Gasteiger partial charge in [0.25, 0.3) is 5.91 Å². The van der Waals surface area contributed by atoms with Gasteiger partial charge in [0.2, 0.25) is 0 Å². The van der Waals surface area contributed by atoms with Gasteiger partial charge >= 0.3 is 6.18 Å². The van der Waals surface area contributed by atoms with E-state index in [1.807, 2.05) is 26.0 Å². The van der Waals surface area contributed by atoms with E-state index >= 15 is 0 Å². The molecule has 0 saturated carbocycles. The van der Waals surface area contributed by atoms with Crippen molar-refractivity contribution in [1.82, 2.24) is 24.5 Å². The van der Waals surface area contributed by atoms with E-state index < -0.39 is 11.9 Å². The smallest absolute Gasteiger partial charge is 0.435 e. The highest BCUT2D eigenvalue weighted by Crippen LogP contribution is 2.38.